The van der Waals surface area contributed by atoms with Crippen LogP contribution in [0.2, 0.25) is 5.02 Å². The van der Waals surface area contributed by atoms with Crippen molar-refractivity contribution in [3.8, 4) is 0 Å². The average Bonchev–Trinajstić information content (AvgIpc) is 2.50. The molecule has 0 bridgehead atoms. The van der Waals surface area contributed by atoms with Gasteiger partial charge in [0.05, 0.1) is 16.9 Å². The van der Waals surface area contributed by atoms with Crippen LogP contribution in [0.15, 0.2) is 47.5 Å². The van der Waals surface area contributed by atoms with Crippen molar-refractivity contribution in [1.29, 1.82) is 0 Å². The molecule has 0 saturated carbocycles. The maximum absolute atomic E-state index is 13.8. The van der Waals surface area contributed by atoms with E-state index >= 15 is 0 Å². The summed E-state index contributed by atoms with van der Waals surface area (Å²) in [5.74, 6) is -2.18. The predicted octanol–water partition coefficient (Wildman–Crippen LogP) is 4.76. The number of halogens is 2. The van der Waals surface area contributed by atoms with Crippen molar-refractivity contribution >= 4 is 52.5 Å². The Morgan fingerprint density at radius 2 is 2.09 bits per heavy atom. The third-order valence-corrected chi connectivity index (χ3v) is 3.87. The second kappa shape index (κ2) is 6.06. The molecular weight excluding hydrogens is 339 g/mol. The summed E-state index contributed by atoms with van der Waals surface area (Å²) in [4.78, 5) is 16.0. The third-order valence-electron chi connectivity index (χ3n) is 3.30. The Labute approximate surface area is 141 Å². The summed E-state index contributed by atoms with van der Waals surface area (Å²) in [6.45, 7) is 0. The molecule has 2 aromatic carbocycles. The van der Waals surface area contributed by atoms with E-state index in [1.807, 2.05) is 0 Å². The molecule has 3 rings (SSSR count). The average molecular weight is 349 g/mol. The molecule has 116 valence electrons. The minimum atomic E-state index is -1.36. The zero-order valence-electron chi connectivity index (χ0n) is 11.5. The molecule has 0 saturated heterocycles. The predicted molar refractivity (Wildman–Crippen MR) is 90.6 cm³/mol. The lowest BCUT2D eigenvalue weighted by Crippen LogP contribution is -2.06. The zero-order valence-corrected chi connectivity index (χ0v) is 13.2. The van der Waals surface area contributed by atoms with Crippen LogP contribution in [0, 0.1) is 5.82 Å². The van der Waals surface area contributed by atoms with Crippen LogP contribution in [0.25, 0.3) is 10.9 Å². The first kappa shape index (κ1) is 15.6. The van der Waals surface area contributed by atoms with Gasteiger partial charge in [-0.3, -0.25) is 4.98 Å². The molecule has 0 aliphatic rings. The summed E-state index contributed by atoms with van der Waals surface area (Å²) in [5, 5.41) is 13.3. The minimum absolute atomic E-state index is 0.125. The largest absolute Gasteiger partial charge is 0.478 e. The van der Waals surface area contributed by atoms with Crippen molar-refractivity contribution in [2.45, 2.75) is 4.90 Å². The van der Waals surface area contributed by atoms with E-state index in [2.05, 4.69) is 22.9 Å². The van der Waals surface area contributed by atoms with E-state index in [4.69, 9.17) is 11.6 Å². The van der Waals surface area contributed by atoms with Crippen LogP contribution in [0.5, 0.6) is 0 Å². The van der Waals surface area contributed by atoms with Gasteiger partial charge in [0, 0.05) is 21.5 Å². The van der Waals surface area contributed by atoms with Gasteiger partial charge in [0.15, 0.2) is 0 Å². The first-order valence-electron chi connectivity index (χ1n) is 6.53. The maximum atomic E-state index is 13.8. The summed E-state index contributed by atoms with van der Waals surface area (Å²) in [5.41, 5.74) is 0.851. The Hall–Kier alpha value is -2.31. The topological polar surface area (TPSA) is 62.2 Å². The van der Waals surface area contributed by atoms with Crippen molar-refractivity contribution in [3.63, 3.8) is 0 Å². The van der Waals surface area contributed by atoms with Crippen LogP contribution in [-0.2, 0) is 0 Å². The van der Waals surface area contributed by atoms with Crippen LogP contribution in [0.4, 0.5) is 15.8 Å². The number of nitrogens with zero attached hydrogens (tertiary/aromatic N) is 1. The molecule has 0 spiro atoms. The van der Waals surface area contributed by atoms with E-state index in [1.54, 1.807) is 18.2 Å². The second-order valence-corrected chi connectivity index (χ2v) is 5.69. The zero-order chi connectivity index (χ0) is 16.6. The number of carboxylic acids is 1. The number of carbonyl (C=O) groups is 1. The van der Waals surface area contributed by atoms with E-state index in [9.17, 15) is 14.3 Å². The molecule has 0 fully saturated rings. The molecule has 1 aromatic heterocycles. The van der Waals surface area contributed by atoms with Gasteiger partial charge in [-0.05, 0) is 30.3 Å². The van der Waals surface area contributed by atoms with Gasteiger partial charge < -0.3 is 10.4 Å². The lowest BCUT2D eigenvalue weighted by atomic mass is 10.1. The van der Waals surface area contributed by atoms with Crippen molar-refractivity contribution in [2.24, 2.45) is 0 Å². The number of nitrogens with one attached hydrogen (secondary N) is 1. The molecule has 0 unspecified atom stereocenters. The number of hydrogen-bond acceptors (Lipinski definition) is 4. The van der Waals surface area contributed by atoms with Gasteiger partial charge in [0.1, 0.15) is 11.4 Å². The quantitative estimate of drug-likeness (QED) is 0.597. The molecule has 1 heterocycles. The fourth-order valence-corrected chi connectivity index (χ4v) is 2.67. The van der Waals surface area contributed by atoms with Crippen LogP contribution in [0.1, 0.15) is 10.4 Å². The molecule has 0 radical (unpaired) electrons. The van der Waals surface area contributed by atoms with Crippen LogP contribution in [0.3, 0.4) is 0 Å². The monoisotopic (exact) mass is 348 g/mol. The van der Waals surface area contributed by atoms with Gasteiger partial charge in [-0.2, -0.15) is 0 Å². The Morgan fingerprint density at radius 1 is 1.30 bits per heavy atom. The summed E-state index contributed by atoms with van der Waals surface area (Å²) in [6, 6.07) is 9.13. The van der Waals surface area contributed by atoms with Gasteiger partial charge in [0.2, 0.25) is 0 Å². The van der Waals surface area contributed by atoms with Crippen LogP contribution < -0.4 is 5.32 Å². The highest BCUT2D eigenvalue weighted by Crippen LogP contribution is 2.34. The molecule has 7 heteroatoms. The van der Waals surface area contributed by atoms with Crippen molar-refractivity contribution < 1.29 is 14.3 Å². The highest BCUT2D eigenvalue weighted by Gasteiger charge is 2.17. The Kier molecular flexibility index (Phi) is 4.11. The van der Waals surface area contributed by atoms with Crippen LogP contribution >= 0.6 is 24.2 Å². The molecule has 3 aromatic rings. The number of rotatable bonds is 3. The molecule has 0 aliphatic heterocycles. The van der Waals surface area contributed by atoms with Gasteiger partial charge in [-0.1, -0.05) is 17.7 Å². The molecule has 23 heavy (non-hydrogen) atoms. The standard InChI is InChI=1S/C16H10ClFN2O2S/c17-8-4-5-11-9(6-8)15(13(23)7-19-11)20-12-3-1-2-10(18)14(12)16(21)22/h1-7,23H,(H,19,20)(H,21,22). The summed E-state index contributed by atoms with van der Waals surface area (Å²) in [6.07, 6.45) is 1.53. The number of pyridine rings is 1. The Bertz CT molecular complexity index is 928. The summed E-state index contributed by atoms with van der Waals surface area (Å²) >= 11 is 10.4. The van der Waals surface area contributed by atoms with E-state index in [0.29, 0.717) is 26.5 Å². The number of hydrogen-bond donors (Lipinski definition) is 3. The van der Waals surface area contributed by atoms with Gasteiger partial charge in [-0.15, -0.1) is 12.6 Å². The Balaban J connectivity index is 2.20. The maximum Gasteiger partial charge on any atom is 0.340 e. The van der Waals surface area contributed by atoms with Gasteiger partial charge in [0.25, 0.3) is 0 Å². The highest BCUT2D eigenvalue weighted by atomic mass is 35.5. The third kappa shape index (κ3) is 2.95. The van der Waals surface area contributed by atoms with Gasteiger partial charge in [-0.25, -0.2) is 9.18 Å². The molecular formula is C16H10ClFN2O2S. The molecule has 2 N–H and O–H groups in total. The van der Waals surface area contributed by atoms with Crippen LogP contribution in [-0.4, -0.2) is 16.1 Å². The summed E-state index contributed by atoms with van der Waals surface area (Å²) < 4.78 is 13.8. The normalized spacial score (nSPS) is 10.7. The first-order chi connectivity index (χ1) is 11.0. The summed E-state index contributed by atoms with van der Waals surface area (Å²) in [7, 11) is 0. The number of aromatic carboxylic acids is 1. The number of thiol groups is 1. The lowest BCUT2D eigenvalue weighted by molar-refractivity contribution is 0.0693. The lowest BCUT2D eigenvalue weighted by Gasteiger charge is -2.14. The van der Waals surface area contributed by atoms with E-state index < -0.39 is 17.3 Å². The fourth-order valence-electron chi connectivity index (χ4n) is 2.27. The van der Waals surface area contributed by atoms with E-state index in [0.717, 1.165) is 6.07 Å². The highest BCUT2D eigenvalue weighted by molar-refractivity contribution is 7.80. The molecule has 4 nitrogen and oxygen atoms in total. The second-order valence-electron chi connectivity index (χ2n) is 4.77. The number of aromatic nitrogens is 1. The SMILES string of the molecule is O=C(O)c1c(F)cccc1Nc1c(S)cnc2ccc(Cl)cc12. The number of carboxylic acid groups (broad SMARTS) is 1. The van der Waals surface area contributed by atoms with E-state index in [1.165, 1.54) is 18.3 Å². The van der Waals surface area contributed by atoms with Crippen molar-refractivity contribution in [2.75, 3.05) is 5.32 Å². The number of fused-ring (bicyclic) bond motifs is 1. The molecule has 0 atom stereocenters. The molecule has 0 aliphatic carbocycles. The minimum Gasteiger partial charge on any atom is -0.478 e. The van der Waals surface area contributed by atoms with Crippen molar-refractivity contribution in [3.05, 3.63) is 59.0 Å². The van der Waals surface area contributed by atoms with Gasteiger partial charge >= 0.3 is 5.97 Å². The van der Waals surface area contributed by atoms with E-state index in [-0.39, 0.29) is 5.69 Å². The molecule has 0 amide bonds. The smallest absolute Gasteiger partial charge is 0.340 e. The first-order valence-corrected chi connectivity index (χ1v) is 7.36. The van der Waals surface area contributed by atoms with Crippen molar-refractivity contribution in [1.82, 2.24) is 4.98 Å². The number of anilines is 2. The number of benzene rings is 2. The fraction of sp³-hybridized carbons (Fsp3) is 0. The Morgan fingerprint density at radius 3 is 2.83 bits per heavy atom.